The molecule has 1 aromatic heterocycles. The SMILES string of the molecule is CCN(C(C)=O)c1nc(CNC(C)(CC)CO)cs1. The molecular formula is C13H23N3O2S. The number of hydrogen-bond acceptors (Lipinski definition) is 5. The van der Waals surface area contributed by atoms with Gasteiger partial charge in [0.1, 0.15) is 0 Å². The second-order valence-corrected chi connectivity index (χ2v) is 5.65. The van der Waals surface area contributed by atoms with Gasteiger partial charge in [0.05, 0.1) is 12.3 Å². The lowest BCUT2D eigenvalue weighted by Gasteiger charge is -2.26. The van der Waals surface area contributed by atoms with Crippen molar-refractivity contribution in [2.45, 2.75) is 46.2 Å². The number of rotatable bonds is 7. The van der Waals surface area contributed by atoms with Crippen molar-refractivity contribution in [1.29, 1.82) is 0 Å². The van der Waals surface area contributed by atoms with Crippen LogP contribution in [0.3, 0.4) is 0 Å². The minimum Gasteiger partial charge on any atom is -0.394 e. The lowest BCUT2D eigenvalue weighted by atomic mass is 10.0. The molecule has 0 aliphatic carbocycles. The van der Waals surface area contributed by atoms with E-state index in [1.165, 1.54) is 11.3 Å². The fourth-order valence-corrected chi connectivity index (χ4v) is 2.52. The predicted octanol–water partition coefficient (Wildman–Crippen LogP) is 1.77. The molecule has 108 valence electrons. The molecule has 0 aliphatic heterocycles. The van der Waals surface area contributed by atoms with E-state index in [0.29, 0.717) is 13.1 Å². The summed E-state index contributed by atoms with van der Waals surface area (Å²) in [4.78, 5) is 17.5. The van der Waals surface area contributed by atoms with E-state index in [0.717, 1.165) is 17.2 Å². The number of anilines is 1. The van der Waals surface area contributed by atoms with Gasteiger partial charge in [-0.05, 0) is 20.3 Å². The summed E-state index contributed by atoms with van der Waals surface area (Å²) in [5.41, 5.74) is 0.613. The van der Waals surface area contributed by atoms with Crippen LogP contribution >= 0.6 is 11.3 Å². The van der Waals surface area contributed by atoms with Crippen LogP contribution in [0.5, 0.6) is 0 Å². The van der Waals surface area contributed by atoms with Crippen molar-refractivity contribution in [2.24, 2.45) is 0 Å². The monoisotopic (exact) mass is 285 g/mol. The molecule has 1 rings (SSSR count). The van der Waals surface area contributed by atoms with E-state index >= 15 is 0 Å². The molecule has 0 fully saturated rings. The topological polar surface area (TPSA) is 65.5 Å². The number of nitrogens with one attached hydrogen (secondary N) is 1. The van der Waals surface area contributed by atoms with E-state index in [-0.39, 0.29) is 18.1 Å². The number of thiazole rings is 1. The zero-order chi connectivity index (χ0) is 14.5. The summed E-state index contributed by atoms with van der Waals surface area (Å²) in [6.45, 7) is 8.80. The first-order valence-corrected chi connectivity index (χ1v) is 7.42. The minimum atomic E-state index is -0.283. The first-order valence-electron chi connectivity index (χ1n) is 6.54. The Kier molecular flexibility index (Phi) is 5.90. The number of aliphatic hydroxyl groups is 1. The molecule has 0 bridgehead atoms. The lowest BCUT2D eigenvalue weighted by Crippen LogP contribution is -2.44. The van der Waals surface area contributed by atoms with Crippen LogP contribution in [0.15, 0.2) is 5.38 Å². The molecule has 19 heavy (non-hydrogen) atoms. The predicted molar refractivity (Wildman–Crippen MR) is 78.4 cm³/mol. The van der Waals surface area contributed by atoms with E-state index in [1.54, 1.807) is 11.8 Å². The normalized spacial score (nSPS) is 14.2. The van der Waals surface area contributed by atoms with Crippen LogP contribution < -0.4 is 10.2 Å². The van der Waals surface area contributed by atoms with Crippen LogP contribution in [0, 0.1) is 0 Å². The number of amides is 1. The van der Waals surface area contributed by atoms with Crippen molar-refractivity contribution < 1.29 is 9.90 Å². The van der Waals surface area contributed by atoms with Gasteiger partial charge in [-0.2, -0.15) is 0 Å². The molecule has 0 aliphatic rings. The summed E-state index contributed by atoms with van der Waals surface area (Å²) in [6, 6.07) is 0. The summed E-state index contributed by atoms with van der Waals surface area (Å²) in [5, 5.41) is 15.3. The molecule has 2 N–H and O–H groups in total. The van der Waals surface area contributed by atoms with Crippen molar-refractivity contribution in [3.05, 3.63) is 11.1 Å². The smallest absolute Gasteiger partial charge is 0.225 e. The van der Waals surface area contributed by atoms with Gasteiger partial charge in [0.2, 0.25) is 5.91 Å². The Balaban J connectivity index is 2.67. The highest BCUT2D eigenvalue weighted by molar-refractivity contribution is 7.14. The molecule has 1 aromatic rings. The average molecular weight is 285 g/mol. The maximum Gasteiger partial charge on any atom is 0.225 e. The highest BCUT2D eigenvalue weighted by Gasteiger charge is 2.20. The van der Waals surface area contributed by atoms with Crippen LogP contribution in [0.2, 0.25) is 0 Å². The first kappa shape index (κ1) is 16.1. The number of nitrogens with zero attached hydrogens (tertiary/aromatic N) is 2. The first-order chi connectivity index (χ1) is 8.95. The lowest BCUT2D eigenvalue weighted by molar-refractivity contribution is -0.116. The van der Waals surface area contributed by atoms with Crippen LogP contribution in [0.1, 0.15) is 39.8 Å². The van der Waals surface area contributed by atoms with Gasteiger partial charge in [0, 0.05) is 30.9 Å². The molecule has 1 atom stereocenters. The highest BCUT2D eigenvalue weighted by atomic mass is 32.1. The van der Waals surface area contributed by atoms with E-state index in [2.05, 4.69) is 10.3 Å². The second kappa shape index (κ2) is 6.98. The number of aliphatic hydroxyl groups excluding tert-OH is 1. The molecule has 1 heterocycles. The molecule has 0 radical (unpaired) electrons. The van der Waals surface area contributed by atoms with Crippen LogP contribution in [0.4, 0.5) is 5.13 Å². The number of hydrogen-bond donors (Lipinski definition) is 2. The quantitative estimate of drug-likeness (QED) is 0.801. The van der Waals surface area contributed by atoms with Gasteiger partial charge in [-0.25, -0.2) is 4.98 Å². The zero-order valence-electron chi connectivity index (χ0n) is 12.1. The van der Waals surface area contributed by atoms with E-state index in [9.17, 15) is 9.90 Å². The standard InChI is InChI=1S/C13H23N3O2S/c1-5-13(4,9-17)14-7-11-8-19-12(15-11)16(6-2)10(3)18/h8,14,17H,5-7,9H2,1-4H3. The largest absolute Gasteiger partial charge is 0.394 e. The molecule has 0 aromatic carbocycles. The Labute approximate surface area is 118 Å². The third kappa shape index (κ3) is 4.26. The van der Waals surface area contributed by atoms with E-state index in [4.69, 9.17) is 0 Å². The summed E-state index contributed by atoms with van der Waals surface area (Å²) in [5.74, 6) is 0.00474. The van der Waals surface area contributed by atoms with E-state index in [1.807, 2.05) is 26.2 Å². The van der Waals surface area contributed by atoms with Gasteiger partial charge in [0.25, 0.3) is 0 Å². The zero-order valence-corrected chi connectivity index (χ0v) is 12.9. The minimum absolute atomic E-state index is 0.00474. The third-order valence-electron chi connectivity index (χ3n) is 3.29. The Morgan fingerprint density at radius 2 is 2.26 bits per heavy atom. The summed E-state index contributed by atoms with van der Waals surface area (Å²) < 4.78 is 0. The Hall–Kier alpha value is -0.980. The van der Waals surface area contributed by atoms with Crippen molar-refractivity contribution in [2.75, 3.05) is 18.1 Å². The molecule has 0 spiro atoms. The van der Waals surface area contributed by atoms with Gasteiger partial charge >= 0.3 is 0 Å². The number of carbonyl (C=O) groups is 1. The van der Waals surface area contributed by atoms with Crippen LogP contribution in [-0.2, 0) is 11.3 Å². The van der Waals surface area contributed by atoms with Gasteiger partial charge in [-0.1, -0.05) is 6.92 Å². The fraction of sp³-hybridized carbons (Fsp3) is 0.692. The molecule has 6 heteroatoms. The molecular weight excluding hydrogens is 262 g/mol. The van der Waals surface area contributed by atoms with Crippen molar-refractivity contribution in [3.63, 3.8) is 0 Å². The van der Waals surface area contributed by atoms with Gasteiger partial charge in [-0.3, -0.25) is 9.69 Å². The van der Waals surface area contributed by atoms with Crippen LogP contribution in [0.25, 0.3) is 0 Å². The van der Waals surface area contributed by atoms with Crippen molar-refractivity contribution in [1.82, 2.24) is 10.3 Å². The van der Waals surface area contributed by atoms with Gasteiger partial charge in [0.15, 0.2) is 5.13 Å². The molecule has 0 saturated carbocycles. The average Bonchev–Trinajstić information content (AvgIpc) is 2.85. The van der Waals surface area contributed by atoms with Gasteiger partial charge < -0.3 is 10.4 Å². The summed E-state index contributed by atoms with van der Waals surface area (Å²) in [6.07, 6.45) is 0.842. The highest BCUT2D eigenvalue weighted by Crippen LogP contribution is 2.21. The Bertz CT molecular complexity index is 416. The van der Waals surface area contributed by atoms with Crippen LogP contribution in [-0.4, -0.2) is 34.7 Å². The molecule has 5 nitrogen and oxygen atoms in total. The molecule has 1 unspecified atom stereocenters. The third-order valence-corrected chi connectivity index (χ3v) is 4.20. The maximum atomic E-state index is 11.4. The number of carbonyl (C=O) groups excluding carboxylic acids is 1. The Morgan fingerprint density at radius 3 is 2.74 bits per heavy atom. The maximum absolute atomic E-state index is 11.4. The Morgan fingerprint density at radius 1 is 1.58 bits per heavy atom. The van der Waals surface area contributed by atoms with Gasteiger partial charge in [-0.15, -0.1) is 11.3 Å². The van der Waals surface area contributed by atoms with E-state index < -0.39 is 0 Å². The second-order valence-electron chi connectivity index (χ2n) is 4.81. The fourth-order valence-electron chi connectivity index (χ4n) is 1.59. The summed E-state index contributed by atoms with van der Waals surface area (Å²) >= 11 is 1.47. The van der Waals surface area contributed by atoms with Crippen molar-refractivity contribution >= 4 is 22.4 Å². The molecule has 0 saturated heterocycles. The number of aromatic nitrogens is 1. The van der Waals surface area contributed by atoms with Crippen molar-refractivity contribution in [3.8, 4) is 0 Å². The molecule has 1 amide bonds. The summed E-state index contributed by atoms with van der Waals surface area (Å²) in [7, 11) is 0.